The van der Waals surface area contributed by atoms with Crippen LogP contribution in [0.5, 0.6) is 0 Å². The van der Waals surface area contributed by atoms with E-state index >= 15 is 0 Å². The standard InChI is InChI=1S/C22H23N3O2/c23-15-21(22(26)25-11-13-27-14-12-25)18-24(16-19-7-3-1-4-8-19)17-20-9-5-2-6-10-20/h1-10,18H,11-14,16-17H2/b21-18-. The van der Waals surface area contributed by atoms with Crippen molar-refractivity contribution in [1.82, 2.24) is 9.80 Å². The fourth-order valence-corrected chi connectivity index (χ4v) is 3.03. The summed E-state index contributed by atoms with van der Waals surface area (Å²) in [5.74, 6) is -0.230. The van der Waals surface area contributed by atoms with E-state index in [1.807, 2.05) is 65.6 Å². The average molecular weight is 361 g/mol. The van der Waals surface area contributed by atoms with Gasteiger partial charge in [0.15, 0.2) is 0 Å². The van der Waals surface area contributed by atoms with Crippen LogP contribution in [0.2, 0.25) is 0 Å². The first-order chi connectivity index (χ1) is 13.3. The number of carbonyl (C=O) groups excluding carboxylic acids is 1. The lowest BCUT2D eigenvalue weighted by Gasteiger charge is -2.27. The van der Waals surface area contributed by atoms with Crippen LogP contribution < -0.4 is 0 Å². The van der Waals surface area contributed by atoms with Gasteiger partial charge in [-0.15, -0.1) is 0 Å². The van der Waals surface area contributed by atoms with Crippen LogP contribution in [-0.2, 0) is 22.6 Å². The van der Waals surface area contributed by atoms with Gasteiger partial charge in [0.25, 0.3) is 5.91 Å². The Balaban J connectivity index is 1.82. The molecule has 0 saturated carbocycles. The lowest BCUT2D eigenvalue weighted by molar-refractivity contribution is -0.130. The second-order valence-electron chi connectivity index (χ2n) is 6.44. The minimum absolute atomic E-state index is 0.156. The molecule has 1 aliphatic heterocycles. The summed E-state index contributed by atoms with van der Waals surface area (Å²) in [6.07, 6.45) is 1.69. The van der Waals surface area contributed by atoms with E-state index in [4.69, 9.17) is 4.74 Å². The molecular weight excluding hydrogens is 338 g/mol. The lowest BCUT2D eigenvalue weighted by Crippen LogP contribution is -2.41. The molecule has 2 aromatic rings. The van der Waals surface area contributed by atoms with Crippen molar-refractivity contribution in [1.29, 1.82) is 5.26 Å². The summed E-state index contributed by atoms with van der Waals surface area (Å²) >= 11 is 0. The lowest BCUT2D eigenvalue weighted by atomic mass is 10.1. The predicted octanol–water partition coefficient (Wildman–Crippen LogP) is 2.96. The number of benzene rings is 2. The van der Waals surface area contributed by atoms with Crippen molar-refractivity contribution in [3.63, 3.8) is 0 Å². The maximum atomic E-state index is 12.7. The molecule has 1 aliphatic rings. The summed E-state index contributed by atoms with van der Waals surface area (Å²) < 4.78 is 5.30. The molecule has 1 saturated heterocycles. The average Bonchev–Trinajstić information content (AvgIpc) is 2.73. The summed E-state index contributed by atoms with van der Waals surface area (Å²) in [5, 5.41) is 9.58. The van der Waals surface area contributed by atoms with E-state index in [2.05, 4.69) is 6.07 Å². The molecule has 0 atom stereocenters. The Labute approximate surface area is 160 Å². The highest BCUT2D eigenvalue weighted by Crippen LogP contribution is 2.14. The molecule has 3 rings (SSSR count). The Hall–Kier alpha value is -3.10. The summed E-state index contributed by atoms with van der Waals surface area (Å²) in [6.45, 7) is 3.32. The van der Waals surface area contributed by atoms with Gasteiger partial charge in [-0.1, -0.05) is 60.7 Å². The highest BCUT2D eigenvalue weighted by Gasteiger charge is 2.21. The van der Waals surface area contributed by atoms with Gasteiger partial charge in [-0.2, -0.15) is 5.26 Å². The number of hydrogen-bond donors (Lipinski definition) is 0. The Bertz CT molecular complexity index is 765. The molecule has 5 heteroatoms. The van der Waals surface area contributed by atoms with Crippen molar-refractivity contribution in [3.8, 4) is 6.07 Å². The molecule has 0 aliphatic carbocycles. The van der Waals surface area contributed by atoms with Gasteiger partial charge >= 0.3 is 0 Å². The second-order valence-corrected chi connectivity index (χ2v) is 6.44. The van der Waals surface area contributed by atoms with Crippen molar-refractivity contribution >= 4 is 5.91 Å². The molecule has 0 N–H and O–H groups in total. The van der Waals surface area contributed by atoms with Gasteiger partial charge in [0, 0.05) is 32.4 Å². The fraction of sp³-hybridized carbons (Fsp3) is 0.273. The zero-order valence-corrected chi connectivity index (χ0v) is 15.3. The van der Waals surface area contributed by atoms with E-state index in [0.29, 0.717) is 39.4 Å². The molecule has 1 heterocycles. The molecule has 1 fully saturated rings. The van der Waals surface area contributed by atoms with E-state index in [-0.39, 0.29) is 11.5 Å². The number of amides is 1. The fourth-order valence-electron chi connectivity index (χ4n) is 3.03. The highest BCUT2D eigenvalue weighted by atomic mass is 16.5. The van der Waals surface area contributed by atoms with Gasteiger partial charge in [-0.05, 0) is 11.1 Å². The molecule has 5 nitrogen and oxygen atoms in total. The van der Waals surface area contributed by atoms with Crippen LogP contribution in [0.3, 0.4) is 0 Å². The van der Waals surface area contributed by atoms with Crippen LogP contribution in [-0.4, -0.2) is 42.0 Å². The first kappa shape index (κ1) is 18.7. The maximum Gasteiger partial charge on any atom is 0.266 e. The van der Waals surface area contributed by atoms with E-state index in [0.717, 1.165) is 11.1 Å². The van der Waals surface area contributed by atoms with E-state index in [9.17, 15) is 10.1 Å². The second kappa shape index (κ2) is 9.56. The van der Waals surface area contributed by atoms with Crippen molar-refractivity contribution in [2.24, 2.45) is 0 Å². The van der Waals surface area contributed by atoms with Crippen molar-refractivity contribution in [3.05, 3.63) is 83.6 Å². The molecule has 0 spiro atoms. The van der Waals surface area contributed by atoms with Crippen LogP contribution >= 0.6 is 0 Å². The molecule has 138 valence electrons. The molecule has 0 unspecified atom stereocenters. The van der Waals surface area contributed by atoms with Gasteiger partial charge < -0.3 is 14.5 Å². The van der Waals surface area contributed by atoms with Crippen LogP contribution in [0.4, 0.5) is 0 Å². The van der Waals surface area contributed by atoms with Crippen molar-refractivity contribution < 1.29 is 9.53 Å². The number of ether oxygens (including phenoxy) is 1. The largest absolute Gasteiger partial charge is 0.378 e. The summed E-state index contributed by atoms with van der Waals surface area (Å²) in [7, 11) is 0. The number of nitrogens with zero attached hydrogens (tertiary/aromatic N) is 3. The van der Waals surface area contributed by atoms with Gasteiger partial charge in [0.05, 0.1) is 13.2 Å². The number of hydrogen-bond acceptors (Lipinski definition) is 4. The third kappa shape index (κ3) is 5.44. The third-order valence-electron chi connectivity index (χ3n) is 4.42. The molecular formula is C22H23N3O2. The Morgan fingerprint density at radius 3 is 2.00 bits per heavy atom. The molecule has 27 heavy (non-hydrogen) atoms. The minimum Gasteiger partial charge on any atom is -0.378 e. The summed E-state index contributed by atoms with van der Waals surface area (Å²) in [6, 6.07) is 22.2. The quantitative estimate of drug-likeness (QED) is 0.586. The Morgan fingerprint density at radius 2 is 1.52 bits per heavy atom. The maximum absolute atomic E-state index is 12.7. The van der Waals surface area contributed by atoms with E-state index in [1.54, 1.807) is 11.1 Å². The number of nitriles is 1. The molecule has 0 aromatic heterocycles. The van der Waals surface area contributed by atoms with Gasteiger partial charge in [-0.25, -0.2) is 0 Å². The molecule has 2 aromatic carbocycles. The van der Waals surface area contributed by atoms with Gasteiger partial charge in [0.2, 0.25) is 0 Å². The van der Waals surface area contributed by atoms with E-state index in [1.165, 1.54) is 0 Å². The summed E-state index contributed by atoms with van der Waals surface area (Å²) in [5.41, 5.74) is 2.41. The topological polar surface area (TPSA) is 56.6 Å². The Kier molecular flexibility index (Phi) is 6.61. The first-order valence-corrected chi connectivity index (χ1v) is 9.07. The normalized spacial score (nSPS) is 14.5. The van der Waals surface area contributed by atoms with Crippen molar-refractivity contribution in [2.75, 3.05) is 26.3 Å². The molecule has 0 radical (unpaired) electrons. The molecule has 1 amide bonds. The van der Waals surface area contributed by atoms with Crippen molar-refractivity contribution in [2.45, 2.75) is 13.1 Å². The minimum atomic E-state index is -0.230. The third-order valence-corrected chi connectivity index (χ3v) is 4.42. The van der Waals surface area contributed by atoms with Crippen LogP contribution in [0.25, 0.3) is 0 Å². The van der Waals surface area contributed by atoms with Gasteiger partial charge in [0.1, 0.15) is 11.6 Å². The zero-order chi connectivity index (χ0) is 18.9. The number of morpholine rings is 1. The van der Waals surface area contributed by atoms with Gasteiger partial charge in [-0.3, -0.25) is 4.79 Å². The number of rotatable bonds is 6. The van der Waals surface area contributed by atoms with Crippen LogP contribution in [0.1, 0.15) is 11.1 Å². The molecule has 0 bridgehead atoms. The first-order valence-electron chi connectivity index (χ1n) is 9.07. The SMILES string of the molecule is N#C/C(=C/N(Cc1ccccc1)Cc1ccccc1)C(=O)N1CCOCC1. The van der Waals surface area contributed by atoms with Crippen LogP contribution in [0.15, 0.2) is 72.4 Å². The zero-order valence-electron chi connectivity index (χ0n) is 15.3. The Morgan fingerprint density at radius 1 is 1.00 bits per heavy atom. The van der Waals surface area contributed by atoms with E-state index < -0.39 is 0 Å². The van der Waals surface area contributed by atoms with Crippen LogP contribution in [0, 0.1) is 11.3 Å². The monoisotopic (exact) mass is 361 g/mol. The number of carbonyl (C=O) groups is 1. The predicted molar refractivity (Wildman–Crippen MR) is 103 cm³/mol. The highest BCUT2D eigenvalue weighted by molar-refractivity contribution is 5.97. The smallest absolute Gasteiger partial charge is 0.266 e. The summed E-state index contributed by atoms with van der Waals surface area (Å²) in [4.78, 5) is 16.4.